The first-order chi connectivity index (χ1) is 12.7. The fourth-order valence-corrected chi connectivity index (χ4v) is 4.00. The summed E-state index contributed by atoms with van der Waals surface area (Å²) >= 11 is 0. The quantitative estimate of drug-likeness (QED) is 0.226. The van der Waals surface area contributed by atoms with E-state index < -0.39 is 15.6 Å². The van der Waals surface area contributed by atoms with Crippen molar-refractivity contribution in [1.82, 2.24) is 0 Å². The van der Waals surface area contributed by atoms with Gasteiger partial charge in [-0.15, -0.1) is 0 Å². The molecule has 28 heavy (non-hydrogen) atoms. The van der Waals surface area contributed by atoms with E-state index in [0.29, 0.717) is 12.5 Å². The molecule has 0 amide bonds. The molecular weight excluding hydrogens is 406 g/mol. The minimum Gasteiger partial charge on any atom is -0.367 e. The summed E-state index contributed by atoms with van der Waals surface area (Å²) in [6.07, 6.45) is 9.76. The second kappa shape index (κ2) is 10.5. The Hall–Kier alpha value is -0.560. The summed E-state index contributed by atoms with van der Waals surface area (Å²) in [5.74, 6) is 0. The predicted molar refractivity (Wildman–Crippen MR) is 108 cm³/mol. The molecule has 0 spiro atoms. The van der Waals surface area contributed by atoms with E-state index in [1.54, 1.807) is 6.08 Å². The average Bonchev–Trinajstić information content (AvgIpc) is 3.13. The Morgan fingerprint density at radius 2 is 1.50 bits per heavy atom. The maximum absolute atomic E-state index is 11.3. The van der Waals surface area contributed by atoms with E-state index in [1.165, 1.54) is 11.1 Å². The number of allylic oxidation sites excluding steroid dienone is 5. The molecule has 1 fully saturated rings. The van der Waals surface area contributed by atoms with Crippen LogP contribution >= 0.6 is 15.6 Å². The molecule has 2 atom stereocenters. The first-order valence-electron chi connectivity index (χ1n) is 9.09. The topological polar surface area (TPSA) is 126 Å². The van der Waals surface area contributed by atoms with Crippen LogP contribution < -0.4 is 0 Å². The molecule has 1 rings (SSSR count). The molecule has 2 unspecified atom stereocenters. The highest BCUT2D eigenvalue weighted by Gasteiger charge is 2.46. The van der Waals surface area contributed by atoms with Crippen molar-refractivity contribution in [2.75, 3.05) is 6.61 Å². The average molecular weight is 438 g/mol. The van der Waals surface area contributed by atoms with Crippen molar-refractivity contribution in [3.63, 3.8) is 0 Å². The molecule has 162 valence electrons. The maximum atomic E-state index is 11.3. The van der Waals surface area contributed by atoms with E-state index in [0.717, 1.165) is 24.8 Å². The number of rotatable bonds is 12. The first-order valence-corrected chi connectivity index (χ1v) is 12.1. The largest absolute Gasteiger partial charge is 0.481 e. The zero-order valence-electron chi connectivity index (χ0n) is 17.1. The van der Waals surface area contributed by atoms with Gasteiger partial charge >= 0.3 is 15.6 Å². The molecule has 1 aliphatic heterocycles. The number of ether oxygens (including phenoxy) is 1. The molecule has 0 saturated carbocycles. The molecule has 0 radical (unpaired) electrons. The molecule has 0 bridgehead atoms. The van der Waals surface area contributed by atoms with Gasteiger partial charge < -0.3 is 19.4 Å². The molecule has 8 nitrogen and oxygen atoms in total. The summed E-state index contributed by atoms with van der Waals surface area (Å²) in [7, 11) is -9.88. The van der Waals surface area contributed by atoms with Crippen LogP contribution in [0.15, 0.2) is 34.9 Å². The van der Waals surface area contributed by atoms with E-state index in [9.17, 15) is 14.0 Å². The summed E-state index contributed by atoms with van der Waals surface area (Å²) in [5, 5.41) is 0. The van der Waals surface area contributed by atoms with Crippen LogP contribution in [0.3, 0.4) is 0 Å². The number of phosphoric acid groups is 2. The highest BCUT2D eigenvalue weighted by molar-refractivity contribution is 7.60. The number of hydrogen-bond acceptors (Lipinski definition) is 5. The van der Waals surface area contributed by atoms with E-state index in [2.05, 4.69) is 41.8 Å². The van der Waals surface area contributed by atoms with Crippen molar-refractivity contribution >= 4 is 15.6 Å². The fourth-order valence-electron chi connectivity index (χ4n) is 2.47. The third kappa shape index (κ3) is 11.4. The monoisotopic (exact) mass is 438 g/mol. The lowest BCUT2D eigenvalue weighted by Gasteiger charge is -2.11. The Bertz CT molecular complexity index is 717. The van der Waals surface area contributed by atoms with Crippen LogP contribution in [0.2, 0.25) is 0 Å². The summed E-state index contributed by atoms with van der Waals surface area (Å²) in [5.41, 5.74) is 3.47. The highest BCUT2D eigenvalue weighted by atomic mass is 31.3. The fraction of sp³-hybridized carbons (Fsp3) is 0.667. The van der Waals surface area contributed by atoms with Crippen LogP contribution in [-0.4, -0.2) is 33.0 Å². The molecule has 1 heterocycles. The Morgan fingerprint density at radius 1 is 1.00 bits per heavy atom. The molecule has 1 aliphatic rings. The lowest BCUT2D eigenvalue weighted by atomic mass is 10.0. The van der Waals surface area contributed by atoms with Crippen LogP contribution in [0.25, 0.3) is 0 Å². The summed E-state index contributed by atoms with van der Waals surface area (Å²) in [6.45, 7) is 9.92. The van der Waals surface area contributed by atoms with Gasteiger partial charge in [0.05, 0.1) is 18.3 Å². The lowest BCUT2D eigenvalue weighted by molar-refractivity contribution is 0.191. The maximum Gasteiger partial charge on any atom is 0.481 e. The van der Waals surface area contributed by atoms with E-state index in [4.69, 9.17) is 14.5 Å². The van der Waals surface area contributed by atoms with Gasteiger partial charge in [0.2, 0.25) is 0 Å². The van der Waals surface area contributed by atoms with Crippen molar-refractivity contribution in [2.24, 2.45) is 0 Å². The second-order valence-electron chi connectivity index (χ2n) is 7.64. The zero-order chi connectivity index (χ0) is 21.6. The summed E-state index contributed by atoms with van der Waals surface area (Å²) in [4.78, 5) is 26.2. The third-order valence-electron chi connectivity index (χ3n) is 4.39. The van der Waals surface area contributed by atoms with Crippen LogP contribution in [0.5, 0.6) is 0 Å². The molecule has 1 saturated heterocycles. The van der Waals surface area contributed by atoms with Gasteiger partial charge in [-0.3, -0.25) is 4.52 Å². The third-order valence-corrected chi connectivity index (χ3v) is 6.54. The van der Waals surface area contributed by atoms with E-state index >= 15 is 0 Å². The summed E-state index contributed by atoms with van der Waals surface area (Å²) in [6, 6.07) is 0. The van der Waals surface area contributed by atoms with E-state index in [-0.39, 0.29) is 12.2 Å². The number of phosphoric ester groups is 1. The van der Waals surface area contributed by atoms with Gasteiger partial charge in [-0.2, -0.15) is 4.31 Å². The van der Waals surface area contributed by atoms with Crippen LogP contribution in [0.1, 0.15) is 60.3 Å². The zero-order valence-corrected chi connectivity index (χ0v) is 18.9. The normalized spacial score (nSPS) is 22.9. The minimum absolute atomic E-state index is 0.0371. The molecule has 0 aromatic carbocycles. The van der Waals surface area contributed by atoms with Crippen LogP contribution in [-0.2, 0) is 22.7 Å². The van der Waals surface area contributed by atoms with Gasteiger partial charge in [0, 0.05) is 0 Å². The Labute approximate surface area is 167 Å². The number of epoxide rings is 1. The van der Waals surface area contributed by atoms with Gasteiger partial charge in [-0.25, -0.2) is 9.13 Å². The smallest absolute Gasteiger partial charge is 0.367 e. The van der Waals surface area contributed by atoms with Gasteiger partial charge in [-0.05, 0) is 60.3 Å². The molecule has 0 aliphatic carbocycles. The number of hydrogen-bond donors (Lipinski definition) is 3. The minimum atomic E-state index is -5.09. The Morgan fingerprint density at radius 3 is 2.00 bits per heavy atom. The SMILES string of the molecule is C/C(=C\COP(=O)(O)OP(=O)(O)O)C/C=C(\C)C/C=C(\C)CCC1OC1(C)C. The van der Waals surface area contributed by atoms with Gasteiger partial charge in [0.15, 0.2) is 0 Å². The van der Waals surface area contributed by atoms with E-state index in [1.807, 2.05) is 13.8 Å². The molecular formula is C18H32O8P2. The van der Waals surface area contributed by atoms with Gasteiger partial charge in [0.25, 0.3) is 0 Å². The molecule has 0 aromatic rings. The summed E-state index contributed by atoms with van der Waals surface area (Å²) < 4.78 is 35.7. The van der Waals surface area contributed by atoms with Crippen molar-refractivity contribution in [2.45, 2.75) is 72.0 Å². The predicted octanol–water partition coefficient (Wildman–Crippen LogP) is 4.79. The second-order valence-corrected chi connectivity index (χ2v) is 10.5. The Balaban J connectivity index is 2.34. The van der Waals surface area contributed by atoms with Crippen molar-refractivity contribution in [1.29, 1.82) is 0 Å². The van der Waals surface area contributed by atoms with Crippen molar-refractivity contribution in [3.05, 3.63) is 34.9 Å². The van der Waals surface area contributed by atoms with Crippen LogP contribution in [0, 0.1) is 0 Å². The van der Waals surface area contributed by atoms with Crippen molar-refractivity contribution in [3.8, 4) is 0 Å². The first kappa shape index (κ1) is 25.5. The van der Waals surface area contributed by atoms with Gasteiger partial charge in [-0.1, -0.05) is 34.9 Å². The molecule has 3 N–H and O–H groups in total. The molecule has 0 aromatic heterocycles. The van der Waals surface area contributed by atoms with Crippen LogP contribution in [0.4, 0.5) is 0 Å². The Kier molecular flexibility index (Phi) is 9.52. The molecule has 10 heteroatoms. The standard InChI is InChI=1S/C18H32O8P2/c1-14(6-7-15(2)10-11-17-18(4,5)25-17)8-9-16(3)12-13-24-28(22,23)26-27(19,20)21/h7-8,12,17H,6,9-11,13H2,1-5H3,(H,22,23)(H2,19,20,21)/b14-8+,15-7+,16-12+. The van der Waals surface area contributed by atoms with Gasteiger partial charge in [0.1, 0.15) is 0 Å². The van der Waals surface area contributed by atoms with Crippen molar-refractivity contribution < 1.29 is 37.4 Å². The lowest BCUT2D eigenvalue weighted by Crippen LogP contribution is -2.02. The highest BCUT2D eigenvalue weighted by Crippen LogP contribution is 2.57.